The van der Waals surface area contributed by atoms with Gasteiger partial charge in [0.2, 0.25) is 15.9 Å². The van der Waals surface area contributed by atoms with Crippen molar-refractivity contribution < 1.29 is 13.2 Å². The van der Waals surface area contributed by atoms with Gasteiger partial charge < -0.3 is 4.90 Å². The van der Waals surface area contributed by atoms with Crippen molar-refractivity contribution in [3.05, 3.63) is 23.8 Å². The van der Waals surface area contributed by atoms with Gasteiger partial charge in [0.25, 0.3) is 0 Å². The third kappa shape index (κ3) is 3.63. The lowest BCUT2D eigenvalue weighted by molar-refractivity contribution is -0.120. The van der Waals surface area contributed by atoms with Gasteiger partial charge in [-0.1, -0.05) is 12.8 Å². The van der Waals surface area contributed by atoms with Crippen molar-refractivity contribution in [1.82, 2.24) is 4.90 Å². The van der Waals surface area contributed by atoms with Crippen LogP contribution in [0.5, 0.6) is 0 Å². The first-order valence-electron chi connectivity index (χ1n) is 8.56. The number of carbonyl (C=O) groups excluding carboxylic acids is 1. The van der Waals surface area contributed by atoms with Crippen molar-refractivity contribution in [1.29, 1.82) is 0 Å². The minimum atomic E-state index is -3.72. The van der Waals surface area contributed by atoms with Crippen molar-refractivity contribution >= 4 is 21.6 Å². The molecule has 2 heterocycles. The summed E-state index contributed by atoms with van der Waals surface area (Å²) >= 11 is 0. The number of likely N-dealkylation sites (tertiary alicyclic amines) is 1. The number of sulfonamides is 1. The Morgan fingerprint density at radius 3 is 2.50 bits per heavy atom. The molecule has 0 aromatic heterocycles. The minimum Gasteiger partial charge on any atom is -0.308 e. The third-order valence-electron chi connectivity index (χ3n) is 4.92. The standard InChI is InChI=1S/C17H25N3O3S/c1-13-10-14-11-15(24(18,22)23)6-7-16(14)20(13)17(21)12-19-8-4-2-3-5-9-19/h6-7,11,13H,2-5,8-10,12H2,1H3,(H2,18,22,23)/t13-/m1/s1. The van der Waals surface area contributed by atoms with Crippen molar-refractivity contribution in [2.45, 2.75) is 50.0 Å². The quantitative estimate of drug-likeness (QED) is 0.894. The van der Waals surface area contributed by atoms with Gasteiger partial charge in [-0.25, -0.2) is 13.6 Å². The van der Waals surface area contributed by atoms with Crippen LogP contribution >= 0.6 is 0 Å². The average molecular weight is 351 g/mol. The molecule has 7 heteroatoms. The van der Waals surface area contributed by atoms with Crippen LogP contribution in [0.2, 0.25) is 0 Å². The van der Waals surface area contributed by atoms with Crippen LogP contribution in [0.3, 0.4) is 0 Å². The van der Waals surface area contributed by atoms with Crippen LogP contribution in [0.25, 0.3) is 0 Å². The molecule has 1 aromatic carbocycles. The lowest BCUT2D eigenvalue weighted by atomic mass is 10.1. The van der Waals surface area contributed by atoms with E-state index in [2.05, 4.69) is 4.90 Å². The maximum Gasteiger partial charge on any atom is 0.241 e. The van der Waals surface area contributed by atoms with E-state index < -0.39 is 10.0 Å². The summed E-state index contributed by atoms with van der Waals surface area (Å²) in [4.78, 5) is 17.0. The van der Waals surface area contributed by atoms with Crippen molar-refractivity contribution in [2.24, 2.45) is 5.14 Å². The first-order valence-corrected chi connectivity index (χ1v) is 10.1. The largest absolute Gasteiger partial charge is 0.308 e. The smallest absolute Gasteiger partial charge is 0.241 e. The highest BCUT2D eigenvalue weighted by Crippen LogP contribution is 2.33. The minimum absolute atomic E-state index is 0.0372. The summed E-state index contributed by atoms with van der Waals surface area (Å²) < 4.78 is 23.0. The molecule has 0 radical (unpaired) electrons. The number of fused-ring (bicyclic) bond motifs is 1. The van der Waals surface area contributed by atoms with Crippen LogP contribution in [0.15, 0.2) is 23.1 Å². The van der Waals surface area contributed by atoms with E-state index in [-0.39, 0.29) is 16.8 Å². The second kappa shape index (κ2) is 6.82. The summed E-state index contributed by atoms with van der Waals surface area (Å²) in [5, 5.41) is 5.20. The van der Waals surface area contributed by atoms with E-state index in [1.165, 1.54) is 18.9 Å². The molecule has 0 aliphatic carbocycles. The number of hydrogen-bond donors (Lipinski definition) is 1. The molecule has 0 bridgehead atoms. The highest BCUT2D eigenvalue weighted by atomic mass is 32.2. The number of amides is 1. The first kappa shape index (κ1) is 17.4. The summed E-state index contributed by atoms with van der Waals surface area (Å²) in [5.41, 5.74) is 1.69. The highest BCUT2D eigenvalue weighted by Gasteiger charge is 2.32. The maximum atomic E-state index is 12.8. The summed E-state index contributed by atoms with van der Waals surface area (Å²) in [5.74, 6) is 0.0894. The Kier molecular flexibility index (Phi) is 4.94. The summed E-state index contributed by atoms with van der Waals surface area (Å²) in [7, 11) is -3.72. The van der Waals surface area contributed by atoms with Crippen LogP contribution in [0, 0.1) is 0 Å². The molecule has 0 saturated carbocycles. The molecular weight excluding hydrogens is 326 g/mol. The SMILES string of the molecule is C[C@@H]1Cc2cc(S(N)(=O)=O)ccc2N1C(=O)CN1CCCCCC1. The van der Waals surface area contributed by atoms with E-state index in [1.807, 2.05) is 11.8 Å². The molecule has 2 aliphatic rings. The number of nitrogens with zero attached hydrogens (tertiary/aromatic N) is 2. The molecule has 1 atom stereocenters. The predicted molar refractivity (Wildman–Crippen MR) is 93.4 cm³/mol. The van der Waals surface area contributed by atoms with Gasteiger partial charge in [-0.15, -0.1) is 0 Å². The Morgan fingerprint density at radius 1 is 1.21 bits per heavy atom. The number of hydrogen-bond acceptors (Lipinski definition) is 4. The van der Waals surface area contributed by atoms with E-state index in [0.717, 1.165) is 37.2 Å². The topological polar surface area (TPSA) is 83.7 Å². The molecule has 2 N–H and O–H groups in total. The van der Waals surface area contributed by atoms with E-state index >= 15 is 0 Å². The van der Waals surface area contributed by atoms with Gasteiger partial charge in [0.15, 0.2) is 0 Å². The van der Waals surface area contributed by atoms with Gasteiger partial charge in [-0.2, -0.15) is 0 Å². The molecule has 1 aromatic rings. The van der Waals surface area contributed by atoms with Gasteiger partial charge in [-0.3, -0.25) is 9.69 Å². The molecule has 0 spiro atoms. The summed E-state index contributed by atoms with van der Waals surface area (Å²) in [6.45, 7) is 4.38. The van der Waals surface area contributed by atoms with Crippen molar-refractivity contribution in [3.8, 4) is 0 Å². The lowest BCUT2D eigenvalue weighted by Gasteiger charge is -2.27. The third-order valence-corrected chi connectivity index (χ3v) is 5.83. The van der Waals surface area contributed by atoms with Crippen LogP contribution in [0.4, 0.5) is 5.69 Å². The Labute approximate surface area is 143 Å². The monoisotopic (exact) mass is 351 g/mol. The van der Waals surface area contributed by atoms with Crippen LogP contribution < -0.4 is 10.0 Å². The molecule has 1 saturated heterocycles. The first-order chi connectivity index (χ1) is 11.4. The number of rotatable bonds is 3. The van der Waals surface area contributed by atoms with Crippen molar-refractivity contribution in [3.63, 3.8) is 0 Å². The van der Waals surface area contributed by atoms with E-state index in [9.17, 15) is 13.2 Å². The van der Waals surface area contributed by atoms with Crippen LogP contribution in [-0.2, 0) is 21.2 Å². The van der Waals surface area contributed by atoms with Crippen molar-refractivity contribution in [2.75, 3.05) is 24.5 Å². The zero-order valence-corrected chi connectivity index (χ0v) is 14.9. The Balaban J connectivity index is 1.79. The van der Waals surface area contributed by atoms with Gasteiger partial charge >= 0.3 is 0 Å². The molecule has 3 rings (SSSR count). The second-order valence-corrected chi connectivity index (χ2v) is 8.40. The van der Waals surface area contributed by atoms with Crippen LogP contribution in [0.1, 0.15) is 38.2 Å². The van der Waals surface area contributed by atoms with E-state index in [0.29, 0.717) is 13.0 Å². The number of carbonyl (C=O) groups is 1. The van der Waals surface area contributed by atoms with E-state index in [1.54, 1.807) is 12.1 Å². The molecule has 2 aliphatic heterocycles. The fraction of sp³-hybridized carbons (Fsp3) is 0.588. The lowest BCUT2D eigenvalue weighted by Crippen LogP contribution is -2.43. The maximum absolute atomic E-state index is 12.8. The highest BCUT2D eigenvalue weighted by molar-refractivity contribution is 7.89. The molecule has 1 fully saturated rings. The zero-order chi connectivity index (χ0) is 17.3. The van der Waals surface area contributed by atoms with Gasteiger partial charge in [0, 0.05) is 11.7 Å². The zero-order valence-electron chi connectivity index (χ0n) is 14.1. The predicted octanol–water partition coefficient (Wildman–Crippen LogP) is 1.49. The van der Waals surface area contributed by atoms with Gasteiger partial charge in [-0.05, 0) is 63.0 Å². The molecule has 24 heavy (non-hydrogen) atoms. The molecular formula is C17H25N3O3S. The number of anilines is 1. The average Bonchev–Trinajstić information content (AvgIpc) is 2.66. The summed E-state index contributed by atoms with van der Waals surface area (Å²) in [6, 6.07) is 4.83. The van der Waals surface area contributed by atoms with E-state index in [4.69, 9.17) is 5.14 Å². The van der Waals surface area contributed by atoms with Gasteiger partial charge in [0.05, 0.1) is 11.4 Å². The second-order valence-electron chi connectivity index (χ2n) is 6.84. The Hall–Kier alpha value is -1.44. The fourth-order valence-corrected chi connectivity index (χ4v) is 4.29. The molecule has 0 unspecified atom stereocenters. The number of nitrogens with two attached hydrogens (primary N) is 1. The molecule has 132 valence electrons. The number of benzene rings is 1. The van der Waals surface area contributed by atoms with Crippen LogP contribution in [-0.4, -0.2) is 44.9 Å². The Morgan fingerprint density at radius 2 is 1.88 bits per heavy atom. The summed E-state index contributed by atoms with van der Waals surface area (Å²) in [6.07, 6.45) is 5.44. The Bertz CT molecular complexity index is 725. The molecule has 1 amide bonds. The number of primary sulfonamides is 1. The van der Waals surface area contributed by atoms with Gasteiger partial charge in [0.1, 0.15) is 0 Å². The normalized spacial score (nSPS) is 22.2. The fourth-order valence-electron chi connectivity index (χ4n) is 3.73. The molecule has 6 nitrogen and oxygen atoms in total.